The monoisotopic (exact) mass is 517 g/mol. The van der Waals surface area contributed by atoms with Crippen molar-refractivity contribution in [1.82, 2.24) is 24.3 Å². The molecular formula is C29H23N7OS. The van der Waals surface area contributed by atoms with Crippen molar-refractivity contribution in [2.45, 2.75) is 13.8 Å². The molecule has 0 spiro atoms. The van der Waals surface area contributed by atoms with Crippen LogP contribution in [0, 0.1) is 13.8 Å². The average Bonchev–Trinajstić information content (AvgIpc) is 3.52. The Morgan fingerprint density at radius 3 is 2.29 bits per heavy atom. The first kappa shape index (κ1) is 23.5. The summed E-state index contributed by atoms with van der Waals surface area (Å²) in [5.41, 5.74) is 5.93. The van der Waals surface area contributed by atoms with Crippen molar-refractivity contribution in [1.29, 1.82) is 0 Å². The van der Waals surface area contributed by atoms with Crippen LogP contribution < -0.4 is 10.4 Å². The summed E-state index contributed by atoms with van der Waals surface area (Å²) in [4.78, 5) is 20.6. The molecule has 0 fully saturated rings. The summed E-state index contributed by atoms with van der Waals surface area (Å²) in [5, 5.41) is 13.8. The van der Waals surface area contributed by atoms with Gasteiger partial charge < -0.3 is 4.98 Å². The first-order valence-electron chi connectivity index (χ1n) is 12.0. The van der Waals surface area contributed by atoms with Gasteiger partial charge in [-0.2, -0.15) is 10.2 Å². The number of aryl methyl sites for hydroxylation is 2. The molecule has 0 aliphatic rings. The van der Waals surface area contributed by atoms with Crippen molar-refractivity contribution in [2.75, 3.05) is 0 Å². The van der Waals surface area contributed by atoms with Crippen molar-refractivity contribution >= 4 is 27.9 Å². The molecule has 9 heteroatoms. The number of nitrogens with one attached hydrogen (secondary N) is 1. The lowest BCUT2D eigenvalue weighted by Gasteiger charge is -2.03. The second-order valence-corrected chi connectivity index (χ2v) is 9.76. The van der Waals surface area contributed by atoms with Crippen LogP contribution in [0.25, 0.3) is 33.0 Å². The molecule has 8 nitrogen and oxygen atoms in total. The molecule has 0 atom stereocenters. The highest BCUT2D eigenvalue weighted by Gasteiger charge is 2.14. The minimum absolute atomic E-state index is 0.196. The molecule has 0 bridgehead atoms. The Balaban J connectivity index is 1.49. The molecule has 0 saturated heterocycles. The number of benzene rings is 3. The van der Waals surface area contributed by atoms with Crippen molar-refractivity contribution in [3.63, 3.8) is 0 Å². The third kappa shape index (κ3) is 4.51. The second kappa shape index (κ2) is 9.87. The van der Waals surface area contributed by atoms with Gasteiger partial charge in [-0.05, 0) is 38.1 Å². The van der Waals surface area contributed by atoms with Gasteiger partial charge in [0, 0.05) is 23.0 Å². The van der Waals surface area contributed by atoms with E-state index in [0.29, 0.717) is 21.0 Å². The van der Waals surface area contributed by atoms with Gasteiger partial charge in [0.2, 0.25) is 4.80 Å². The number of para-hydroxylation sites is 2. The lowest BCUT2D eigenvalue weighted by molar-refractivity contribution is 0.884. The Bertz CT molecular complexity index is 1890. The highest BCUT2D eigenvalue weighted by molar-refractivity contribution is 7.16. The molecule has 186 valence electrons. The number of nitrogens with zero attached hydrogens (tertiary/aromatic N) is 6. The molecule has 0 radical (unpaired) electrons. The number of fused-ring (bicyclic) bond motifs is 1. The highest BCUT2D eigenvalue weighted by Crippen LogP contribution is 2.23. The molecule has 0 amide bonds. The van der Waals surface area contributed by atoms with Crippen LogP contribution in [0.1, 0.15) is 17.0 Å². The van der Waals surface area contributed by atoms with Crippen molar-refractivity contribution in [3.05, 3.63) is 123 Å². The molecule has 1 N–H and O–H groups in total. The van der Waals surface area contributed by atoms with Gasteiger partial charge in [0.1, 0.15) is 16.2 Å². The number of aromatic nitrogens is 5. The predicted molar refractivity (Wildman–Crippen MR) is 151 cm³/mol. The van der Waals surface area contributed by atoms with Crippen molar-refractivity contribution in [3.8, 4) is 22.6 Å². The predicted octanol–water partition coefficient (Wildman–Crippen LogP) is 5.18. The summed E-state index contributed by atoms with van der Waals surface area (Å²) >= 11 is 1.25. The minimum Gasteiger partial charge on any atom is -0.309 e. The van der Waals surface area contributed by atoms with Gasteiger partial charge in [0.05, 0.1) is 11.9 Å². The van der Waals surface area contributed by atoms with E-state index in [2.05, 4.69) is 51.4 Å². The second-order valence-electron chi connectivity index (χ2n) is 8.78. The Labute approximate surface area is 221 Å². The summed E-state index contributed by atoms with van der Waals surface area (Å²) in [6.07, 6.45) is 3.64. The van der Waals surface area contributed by atoms with E-state index in [4.69, 9.17) is 5.10 Å². The van der Waals surface area contributed by atoms with E-state index in [-0.39, 0.29) is 5.56 Å². The fraction of sp³-hybridized carbons (Fsp3) is 0.0690. The summed E-state index contributed by atoms with van der Waals surface area (Å²) in [6, 6.07) is 27.9. The summed E-state index contributed by atoms with van der Waals surface area (Å²) in [6.45, 7) is 3.82. The van der Waals surface area contributed by atoms with E-state index in [1.165, 1.54) is 16.9 Å². The molecular weight excluding hydrogens is 494 g/mol. The van der Waals surface area contributed by atoms with E-state index in [0.717, 1.165) is 28.2 Å². The van der Waals surface area contributed by atoms with Gasteiger partial charge in [-0.3, -0.25) is 9.36 Å². The zero-order chi connectivity index (χ0) is 26.1. The smallest absolute Gasteiger partial charge is 0.270 e. The maximum atomic E-state index is 12.7. The lowest BCUT2D eigenvalue weighted by Crippen LogP contribution is -2.14. The third-order valence-electron chi connectivity index (χ3n) is 6.02. The summed E-state index contributed by atoms with van der Waals surface area (Å²) in [5.74, 6) is 0.538. The fourth-order valence-electron chi connectivity index (χ4n) is 4.18. The van der Waals surface area contributed by atoms with Gasteiger partial charge in [0.25, 0.3) is 5.56 Å². The van der Waals surface area contributed by atoms with E-state index < -0.39 is 0 Å². The van der Waals surface area contributed by atoms with Crippen molar-refractivity contribution < 1.29 is 0 Å². The van der Waals surface area contributed by atoms with Crippen LogP contribution in [-0.4, -0.2) is 30.5 Å². The molecule has 0 saturated carbocycles. The molecule has 0 unspecified atom stereocenters. The number of rotatable bonds is 5. The minimum atomic E-state index is -0.196. The SMILES string of the molecule is Cc1ccc(-c2nn(-c3ccccc3)cc2/C=N/N=c2\sc3c(=O)[nH]c(C)nc3n2-c2ccccc2)cc1. The quantitative estimate of drug-likeness (QED) is 0.252. The zero-order valence-corrected chi connectivity index (χ0v) is 21.6. The molecule has 0 aliphatic carbocycles. The summed E-state index contributed by atoms with van der Waals surface area (Å²) < 4.78 is 4.19. The van der Waals surface area contributed by atoms with E-state index >= 15 is 0 Å². The van der Waals surface area contributed by atoms with Gasteiger partial charge >= 0.3 is 0 Å². The Morgan fingerprint density at radius 1 is 0.895 bits per heavy atom. The van der Waals surface area contributed by atoms with Crippen LogP contribution >= 0.6 is 11.3 Å². The van der Waals surface area contributed by atoms with Crippen LogP contribution in [0.2, 0.25) is 0 Å². The molecule has 3 heterocycles. The van der Waals surface area contributed by atoms with Crippen LogP contribution in [0.5, 0.6) is 0 Å². The molecule has 3 aromatic carbocycles. The number of aromatic amines is 1. The number of H-pyrrole nitrogens is 1. The highest BCUT2D eigenvalue weighted by atomic mass is 32.1. The standard InChI is InChI=1S/C29H23N7OS/c1-19-13-15-21(16-14-19)25-22(18-35(34-25)23-9-5-3-6-10-23)17-30-33-29-36(24-11-7-4-8-12-24)27-26(38-29)28(37)32-20(2)31-27/h3-18H,1-2H3,(H,31,32,37)/b30-17+,33-29-. The summed E-state index contributed by atoms with van der Waals surface area (Å²) in [7, 11) is 0. The molecule has 0 aliphatic heterocycles. The van der Waals surface area contributed by atoms with E-state index in [1.807, 2.05) is 76.1 Å². The van der Waals surface area contributed by atoms with Crippen LogP contribution in [0.15, 0.2) is 106 Å². The van der Waals surface area contributed by atoms with Gasteiger partial charge in [0.15, 0.2) is 5.65 Å². The number of thiazole rings is 1. The topological polar surface area (TPSA) is 93.2 Å². The Kier molecular flexibility index (Phi) is 6.11. The molecule has 38 heavy (non-hydrogen) atoms. The Hall–Kier alpha value is -4.89. The number of hydrogen-bond acceptors (Lipinski definition) is 6. The Morgan fingerprint density at radius 2 is 1.58 bits per heavy atom. The molecule has 6 rings (SSSR count). The molecule has 3 aromatic heterocycles. The maximum Gasteiger partial charge on any atom is 0.270 e. The van der Waals surface area contributed by atoms with Crippen LogP contribution in [0.4, 0.5) is 0 Å². The first-order chi connectivity index (χ1) is 18.6. The maximum absolute atomic E-state index is 12.7. The number of hydrogen-bond donors (Lipinski definition) is 1. The normalized spacial score (nSPS) is 12.1. The fourth-order valence-corrected chi connectivity index (χ4v) is 5.10. The van der Waals surface area contributed by atoms with E-state index in [9.17, 15) is 4.79 Å². The van der Waals surface area contributed by atoms with E-state index in [1.54, 1.807) is 13.1 Å². The van der Waals surface area contributed by atoms with Gasteiger partial charge in [-0.15, -0.1) is 5.10 Å². The molecule has 6 aromatic rings. The zero-order valence-electron chi connectivity index (χ0n) is 20.7. The van der Waals surface area contributed by atoms with Gasteiger partial charge in [-0.1, -0.05) is 77.6 Å². The average molecular weight is 518 g/mol. The van der Waals surface area contributed by atoms with Crippen molar-refractivity contribution in [2.24, 2.45) is 10.2 Å². The lowest BCUT2D eigenvalue weighted by atomic mass is 10.1. The largest absolute Gasteiger partial charge is 0.309 e. The third-order valence-corrected chi connectivity index (χ3v) is 7.04. The first-order valence-corrected chi connectivity index (χ1v) is 12.9. The van der Waals surface area contributed by atoms with Crippen LogP contribution in [-0.2, 0) is 0 Å². The van der Waals surface area contributed by atoms with Crippen LogP contribution in [0.3, 0.4) is 0 Å². The van der Waals surface area contributed by atoms with Gasteiger partial charge in [-0.25, -0.2) is 9.67 Å².